The minimum atomic E-state index is 0.310. The Kier molecular flexibility index (Phi) is 8.09. The van der Waals surface area contributed by atoms with Crippen molar-refractivity contribution in [3.63, 3.8) is 0 Å². The third-order valence-electron chi connectivity index (χ3n) is 1.56. The van der Waals surface area contributed by atoms with Crippen LogP contribution in [-0.2, 0) is 9.47 Å². The number of rotatable bonds is 7. The Hall–Kier alpha value is -0.590. The fourth-order valence-corrected chi connectivity index (χ4v) is 0.646. The summed E-state index contributed by atoms with van der Waals surface area (Å²) in [6.07, 6.45) is 1.80. The van der Waals surface area contributed by atoms with Crippen LogP contribution in [0.15, 0.2) is 0 Å². The van der Waals surface area contributed by atoms with E-state index < -0.39 is 0 Å². The first-order valence-electron chi connectivity index (χ1n) is 4.37. The molecule has 0 N–H and O–H groups in total. The molecule has 0 heterocycles. The van der Waals surface area contributed by atoms with E-state index >= 15 is 0 Å². The summed E-state index contributed by atoms with van der Waals surface area (Å²) in [7, 11) is 0. The van der Waals surface area contributed by atoms with Gasteiger partial charge in [0.05, 0.1) is 38.4 Å². The highest BCUT2D eigenvalue weighted by Crippen LogP contribution is 1.94. The van der Waals surface area contributed by atoms with Gasteiger partial charge in [0.15, 0.2) is 0 Å². The first kappa shape index (κ1) is 11.4. The molecule has 0 rings (SSSR count). The van der Waals surface area contributed by atoms with E-state index in [1.54, 1.807) is 0 Å². The zero-order valence-electron chi connectivity index (χ0n) is 7.88. The second-order valence-corrected chi connectivity index (χ2v) is 2.61. The van der Waals surface area contributed by atoms with Crippen molar-refractivity contribution in [2.75, 3.05) is 19.8 Å². The van der Waals surface area contributed by atoms with Gasteiger partial charge in [-0.2, -0.15) is 5.26 Å². The molecule has 0 saturated carbocycles. The van der Waals surface area contributed by atoms with Gasteiger partial charge in [0, 0.05) is 0 Å². The minimum absolute atomic E-state index is 0.310. The van der Waals surface area contributed by atoms with Crippen molar-refractivity contribution in [3.8, 4) is 6.07 Å². The Morgan fingerprint density at radius 3 is 2.67 bits per heavy atom. The molecule has 0 aliphatic carbocycles. The zero-order valence-corrected chi connectivity index (χ0v) is 7.88. The van der Waals surface area contributed by atoms with Crippen LogP contribution in [0.25, 0.3) is 0 Å². The van der Waals surface area contributed by atoms with E-state index in [-0.39, 0.29) is 0 Å². The lowest BCUT2D eigenvalue weighted by Gasteiger charge is -2.09. The molecular weight excluding hydrogens is 154 g/mol. The third-order valence-corrected chi connectivity index (χ3v) is 1.56. The molecule has 0 aliphatic rings. The van der Waals surface area contributed by atoms with Crippen LogP contribution in [0, 0.1) is 11.3 Å². The molecule has 0 aliphatic heterocycles. The van der Waals surface area contributed by atoms with E-state index in [2.05, 4.69) is 6.92 Å². The van der Waals surface area contributed by atoms with Crippen molar-refractivity contribution < 1.29 is 9.47 Å². The summed E-state index contributed by atoms with van der Waals surface area (Å²) in [5.41, 5.74) is 0. The molecule has 1 atom stereocenters. The van der Waals surface area contributed by atoms with Crippen LogP contribution < -0.4 is 0 Å². The van der Waals surface area contributed by atoms with Crippen LogP contribution in [0.1, 0.15) is 26.7 Å². The number of ether oxygens (including phenoxy) is 2. The smallest absolute Gasteiger partial charge is 0.0704 e. The molecule has 3 heteroatoms. The van der Waals surface area contributed by atoms with Gasteiger partial charge in [-0.3, -0.25) is 0 Å². The average molecular weight is 171 g/mol. The Morgan fingerprint density at radius 1 is 1.33 bits per heavy atom. The van der Waals surface area contributed by atoms with Gasteiger partial charge in [-0.05, 0) is 13.3 Å². The fraction of sp³-hybridized carbons (Fsp3) is 0.889. The van der Waals surface area contributed by atoms with Gasteiger partial charge in [0.25, 0.3) is 0 Å². The van der Waals surface area contributed by atoms with Gasteiger partial charge in [-0.15, -0.1) is 0 Å². The normalized spacial score (nSPS) is 12.4. The maximum atomic E-state index is 8.19. The molecule has 3 nitrogen and oxygen atoms in total. The number of hydrogen-bond donors (Lipinski definition) is 0. The SMILES string of the molecule is CCC(C)OCCOCCC#N. The lowest BCUT2D eigenvalue weighted by molar-refractivity contribution is 0.0124. The Labute approximate surface area is 74.3 Å². The summed E-state index contributed by atoms with van der Waals surface area (Å²) >= 11 is 0. The van der Waals surface area contributed by atoms with Crippen LogP contribution in [0.4, 0.5) is 0 Å². The van der Waals surface area contributed by atoms with Crippen molar-refractivity contribution in [2.45, 2.75) is 32.8 Å². The summed E-state index contributed by atoms with van der Waals surface area (Å²) in [4.78, 5) is 0. The van der Waals surface area contributed by atoms with E-state index in [1.807, 2.05) is 13.0 Å². The topological polar surface area (TPSA) is 42.2 Å². The van der Waals surface area contributed by atoms with Crippen LogP contribution in [0.3, 0.4) is 0 Å². The monoisotopic (exact) mass is 171 g/mol. The standard InChI is InChI=1S/C9H17NO2/c1-3-9(2)12-8-7-11-6-4-5-10/h9H,3-4,6-8H2,1-2H3. The van der Waals surface area contributed by atoms with Crippen molar-refractivity contribution in [2.24, 2.45) is 0 Å². The summed E-state index contributed by atoms with van der Waals surface area (Å²) in [6.45, 7) is 5.85. The van der Waals surface area contributed by atoms with E-state index in [0.717, 1.165) is 6.42 Å². The number of hydrogen-bond acceptors (Lipinski definition) is 3. The lowest BCUT2D eigenvalue weighted by atomic mass is 10.3. The van der Waals surface area contributed by atoms with Gasteiger partial charge in [0.2, 0.25) is 0 Å². The molecule has 1 unspecified atom stereocenters. The first-order chi connectivity index (χ1) is 5.81. The summed E-state index contributed by atoms with van der Waals surface area (Å²) in [5.74, 6) is 0. The van der Waals surface area contributed by atoms with Crippen LogP contribution in [-0.4, -0.2) is 25.9 Å². The fourth-order valence-electron chi connectivity index (χ4n) is 0.646. The van der Waals surface area contributed by atoms with Gasteiger partial charge in [-0.25, -0.2) is 0 Å². The largest absolute Gasteiger partial charge is 0.378 e. The molecule has 0 aromatic rings. The average Bonchev–Trinajstić information content (AvgIpc) is 2.10. The maximum Gasteiger partial charge on any atom is 0.0704 e. The van der Waals surface area contributed by atoms with Gasteiger partial charge in [-0.1, -0.05) is 6.92 Å². The van der Waals surface area contributed by atoms with Crippen molar-refractivity contribution in [1.82, 2.24) is 0 Å². The second kappa shape index (κ2) is 8.51. The molecule has 0 bridgehead atoms. The van der Waals surface area contributed by atoms with Crippen molar-refractivity contribution in [3.05, 3.63) is 0 Å². The van der Waals surface area contributed by atoms with Crippen LogP contribution in [0.5, 0.6) is 0 Å². The molecule has 0 fully saturated rings. The molecule has 0 amide bonds. The Morgan fingerprint density at radius 2 is 2.08 bits per heavy atom. The molecule has 0 aromatic heterocycles. The Bertz CT molecular complexity index is 131. The van der Waals surface area contributed by atoms with E-state index in [9.17, 15) is 0 Å². The molecule has 0 spiro atoms. The van der Waals surface area contributed by atoms with Gasteiger partial charge in [0.1, 0.15) is 0 Å². The lowest BCUT2D eigenvalue weighted by Crippen LogP contribution is -2.12. The molecule has 12 heavy (non-hydrogen) atoms. The quantitative estimate of drug-likeness (QED) is 0.548. The summed E-state index contributed by atoms with van der Waals surface area (Å²) in [6, 6.07) is 2.01. The van der Waals surface area contributed by atoms with E-state index in [0.29, 0.717) is 32.3 Å². The zero-order chi connectivity index (χ0) is 9.23. The van der Waals surface area contributed by atoms with Gasteiger partial charge < -0.3 is 9.47 Å². The van der Waals surface area contributed by atoms with Crippen molar-refractivity contribution >= 4 is 0 Å². The van der Waals surface area contributed by atoms with Crippen LogP contribution in [0.2, 0.25) is 0 Å². The van der Waals surface area contributed by atoms with E-state index in [1.165, 1.54) is 0 Å². The second-order valence-electron chi connectivity index (χ2n) is 2.61. The minimum Gasteiger partial charge on any atom is -0.378 e. The maximum absolute atomic E-state index is 8.19. The Balaban J connectivity index is 2.96. The van der Waals surface area contributed by atoms with Crippen molar-refractivity contribution in [1.29, 1.82) is 5.26 Å². The summed E-state index contributed by atoms with van der Waals surface area (Å²) < 4.78 is 10.5. The molecule has 0 saturated heterocycles. The highest BCUT2D eigenvalue weighted by molar-refractivity contribution is 4.66. The van der Waals surface area contributed by atoms with Crippen LogP contribution >= 0.6 is 0 Å². The number of nitriles is 1. The molecule has 70 valence electrons. The highest BCUT2D eigenvalue weighted by Gasteiger charge is 1.96. The summed E-state index contributed by atoms with van der Waals surface area (Å²) in [5, 5.41) is 8.19. The number of nitrogens with zero attached hydrogens (tertiary/aromatic N) is 1. The third kappa shape index (κ3) is 7.52. The molecular formula is C9H17NO2. The molecule has 0 radical (unpaired) electrons. The highest BCUT2D eigenvalue weighted by atomic mass is 16.5. The van der Waals surface area contributed by atoms with E-state index in [4.69, 9.17) is 14.7 Å². The predicted molar refractivity (Wildman–Crippen MR) is 46.8 cm³/mol. The molecule has 0 aromatic carbocycles. The first-order valence-corrected chi connectivity index (χ1v) is 4.37. The predicted octanol–water partition coefficient (Wildman–Crippen LogP) is 1.73. The van der Waals surface area contributed by atoms with Gasteiger partial charge >= 0.3 is 0 Å².